The summed E-state index contributed by atoms with van der Waals surface area (Å²) in [5, 5.41) is 10.7. The standard InChI is InChI=1S/C35H29N3O6S/c1-23-7-9-24(10-8-23)21-34(40)38-31-18-13-27(22-30(31)35(41)26-5-3-2-4-6-26)37-33(39)20-15-28-14-19-32(44-28)25-11-16-29(17-12-25)45(36,42)43/h2-20,22H,21H2,1H3,(H,37,39)(H,38,40)(H2,36,42,43)/b20-15+. The van der Waals surface area contributed by atoms with Gasteiger partial charge in [-0.2, -0.15) is 0 Å². The topological polar surface area (TPSA) is 149 Å². The molecule has 0 aliphatic carbocycles. The van der Waals surface area contributed by atoms with Crippen molar-refractivity contribution in [2.45, 2.75) is 18.2 Å². The first-order chi connectivity index (χ1) is 21.5. The Morgan fingerprint density at radius 1 is 0.822 bits per heavy atom. The van der Waals surface area contributed by atoms with Crippen molar-refractivity contribution in [3.63, 3.8) is 0 Å². The highest BCUT2D eigenvalue weighted by atomic mass is 32.2. The van der Waals surface area contributed by atoms with E-state index in [0.717, 1.165) is 11.1 Å². The van der Waals surface area contributed by atoms with E-state index >= 15 is 0 Å². The number of ketones is 1. The Labute approximate surface area is 260 Å². The highest BCUT2D eigenvalue weighted by Gasteiger charge is 2.17. The molecule has 0 unspecified atom stereocenters. The number of furan rings is 1. The lowest BCUT2D eigenvalue weighted by Gasteiger charge is -2.13. The number of hydrogen-bond acceptors (Lipinski definition) is 6. The monoisotopic (exact) mass is 619 g/mol. The minimum absolute atomic E-state index is 0.0131. The minimum atomic E-state index is -3.81. The lowest BCUT2D eigenvalue weighted by molar-refractivity contribution is -0.115. The number of hydrogen-bond donors (Lipinski definition) is 3. The van der Waals surface area contributed by atoms with E-state index in [4.69, 9.17) is 9.56 Å². The lowest BCUT2D eigenvalue weighted by Crippen LogP contribution is -2.18. The van der Waals surface area contributed by atoms with E-state index in [1.165, 1.54) is 30.4 Å². The highest BCUT2D eigenvalue weighted by Crippen LogP contribution is 2.26. The van der Waals surface area contributed by atoms with Crippen LogP contribution in [0.15, 0.2) is 125 Å². The van der Waals surface area contributed by atoms with Crippen LogP contribution < -0.4 is 15.8 Å². The molecule has 0 saturated carbocycles. The van der Waals surface area contributed by atoms with Gasteiger partial charge in [0.25, 0.3) is 0 Å². The number of benzene rings is 4. The van der Waals surface area contributed by atoms with E-state index in [1.54, 1.807) is 66.7 Å². The zero-order valence-corrected chi connectivity index (χ0v) is 25.0. The van der Waals surface area contributed by atoms with E-state index in [-0.39, 0.29) is 28.6 Å². The van der Waals surface area contributed by atoms with Crippen LogP contribution >= 0.6 is 0 Å². The van der Waals surface area contributed by atoms with Crippen molar-refractivity contribution >= 4 is 45.1 Å². The van der Waals surface area contributed by atoms with Crippen molar-refractivity contribution in [3.8, 4) is 11.3 Å². The van der Waals surface area contributed by atoms with E-state index in [1.807, 2.05) is 31.2 Å². The van der Waals surface area contributed by atoms with Crippen LogP contribution in [0.3, 0.4) is 0 Å². The minimum Gasteiger partial charge on any atom is -0.457 e. The average molecular weight is 620 g/mol. The quantitative estimate of drug-likeness (QED) is 0.130. The van der Waals surface area contributed by atoms with Crippen molar-refractivity contribution in [2.75, 3.05) is 10.6 Å². The van der Waals surface area contributed by atoms with Gasteiger partial charge in [0.1, 0.15) is 11.5 Å². The molecule has 9 nitrogen and oxygen atoms in total. The molecule has 10 heteroatoms. The van der Waals surface area contributed by atoms with Crippen LogP contribution in [0, 0.1) is 6.92 Å². The van der Waals surface area contributed by atoms with Crippen LogP contribution in [0.25, 0.3) is 17.4 Å². The van der Waals surface area contributed by atoms with Crippen LogP contribution in [-0.2, 0) is 26.0 Å². The van der Waals surface area contributed by atoms with Crippen LogP contribution in [0.1, 0.15) is 32.8 Å². The van der Waals surface area contributed by atoms with Gasteiger partial charge in [0, 0.05) is 28.5 Å². The van der Waals surface area contributed by atoms with Gasteiger partial charge in [0.15, 0.2) is 5.78 Å². The Morgan fingerprint density at radius 2 is 1.53 bits per heavy atom. The molecular formula is C35H29N3O6S. The van der Waals surface area contributed by atoms with Crippen molar-refractivity contribution in [1.29, 1.82) is 0 Å². The number of amides is 2. The molecule has 0 radical (unpaired) electrons. The predicted molar refractivity (Wildman–Crippen MR) is 173 cm³/mol. The maximum Gasteiger partial charge on any atom is 0.248 e. The lowest BCUT2D eigenvalue weighted by atomic mass is 10.0. The maximum atomic E-state index is 13.5. The molecule has 0 saturated heterocycles. The van der Waals surface area contributed by atoms with E-state index < -0.39 is 15.9 Å². The van der Waals surface area contributed by atoms with Crippen LogP contribution in [0.2, 0.25) is 0 Å². The highest BCUT2D eigenvalue weighted by molar-refractivity contribution is 7.89. The number of carbonyl (C=O) groups is 3. The van der Waals surface area contributed by atoms with Gasteiger partial charge in [-0.05, 0) is 73.2 Å². The van der Waals surface area contributed by atoms with Crippen molar-refractivity contribution < 1.29 is 27.2 Å². The largest absolute Gasteiger partial charge is 0.457 e. The molecule has 0 atom stereocenters. The number of anilines is 2. The maximum absolute atomic E-state index is 13.5. The van der Waals surface area contributed by atoms with Gasteiger partial charge in [-0.1, -0.05) is 60.2 Å². The van der Waals surface area contributed by atoms with E-state index in [0.29, 0.717) is 34.0 Å². The van der Waals surface area contributed by atoms with Gasteiger partial charge >= 0.3 is 0 Å². The molecule has 2 amide bonds. The molecule has 1 aromatic heterocycles. The third-order valence-electron chi connectivity index (χ3n) is 6.82. The summed E-state index contributed by atoms with van der Waals surface area (Å²) in [7, 11) is -3.81. The molecule has 226 valence electrons. The zero-order valence-electron chi connectivity index (χ0n) is 24.2. The predicted octanol–water partition coefficient (Wildman–Crippen LogP) is 5.97. The Bertz CT molecular complexity index is 2000. The van der Waals surface area contributed by atoms with Crippen molar-refractivity contribution in [3.05, 3.63) is 143 Å². The normalized spacial score (nSPS) is 11.3. The summed E-state index contributed by atoms with van der Waals surface area (Å²) in [6.07, 6.45) is 2.90. The fraction of sp³-hybridized carbons (Fsp3) is 0.0571. The SMILES string of the molecule is Cc1ccc(CC(=O)Nc2ccc(NC(=O)/C=C/c3ccc(-c4ccc(S(N)(=O)=O)cc4)o3)cc2C(=O)c2ccccc2)cc1. The van der Waals surface area contributed by atoms with Gasteiger partial charge in [0.05, 0.1) is 17.0 Å². The van der Waals surface area contributed by atoms with Crippen LogP contribution in [0.5, 0.6) is 0 Å². The number of sulfonamides is 1. The van der Waals surface area contributed by atoms with E-state index in [9.17, 15) is 22.8 Å². The number of rotatable bonds is 10. The summed E-state index contributed by atoms with van der Waals surface area (Å²) in [6.45, 7) is 1.97. The van der Waals surface area contributed by atoms with Gasteiger partial charge < -0.3 is 15.1 Å². The number of aryl methyl sites for hydroxylation is 1. The third-order valence-corrected chi connectivity index (χ3v) is 7.75. The number of primary sulfonamides is 1. The number of nitrogens with one attached hydrogen (secondary N) is 2. The number of carbonyl (C=O) groups excluding carboxylic acids is 3. The summed E-state index contributed by atoms with van der Waals surface area (Å²) in [5.41, 5.74) is 3.91. The molecule has 0 aliphatic rings. The van der Waals surface area contributed by atoms with Gasteiger partial charge in [0.2, 0.25) is 21.8 Å². The second kappa shape index (κ2) is 13.4. The van der Waals surface area contributed by atoms with Crippen LogP contribution in [-0.4, -0.2) is 26.0 Å². The van der Waals surface area contributed by atoms with Gasteiger partial charge in [-0.3, -0.25) is 14.4 Å². The molecule has 0 spiro atoms. The second-order valence-electron chi connectivity index (χ2n) is 10.3. The molecule has 5 rings (SSSR count). The Morgan fingerprint density at radius 3 is 2.22 bits per heavy atom. The number of nitrogens with two attached hydrogens (primary N) is 1. The first-order valence-corrected chi connectivity index (χ1v) is 15.4. The first-order valence-electron chi connectivity index (χ1n) is 13.9. The molecule has 0 aliphatic heterocycles. The average Bonchev–Trinajstić information content (AvgIpc) is 3.51. The molecule has 5 aromatic rings. The van der Waals surface area contributed by atoms with E-state index in [2.05, 4.69) is 10.6 Å². The summed E-state index contributed by atoms with van der Waals surface area (Å²) in [6, 6.07) is 30.3. The molecule has 4 aromatic carbocycles. The molecule has 1 heterocycles. The fourth-order valence-corrected chi connectivity index (χ4v) is 5.01. The van der Waals surface area contributed by atoms with Crippen LogP contribution in [0.4, 0.5) is 11.4 Å². The summed E-state index contributed by atoms with van der Waals surface area (Å²) < 4.78 is 28.7. The van der Waals surface area contributed by atoms with Crippen molar-refractivity contribution in [2.24, 2.45) is 5.14 Å². The molecular weight excluding hydrogens is 590 g/mol. The summed E-state index contributed by atoms with van der Waals surface area (Å²) in [5.74, 6) is -0.200. The second-order valence-corrected chi connectivity index (χ2v) is 11.8. The molecule has 0 bridgehead atoms. The first kappa shape index (κ1) is 30.9. The molecule has 4 N–H and O–H groups in total. The Balaban J connectivity index is 1.30. The van der Waals surface area contributed by atoms with Gasteiger partial charge in [-0.15, -0.1) is 0 Å². The summed E-state index contributed by atoms with van der Waals surface area (Å²) >= 11 is 0. The Kier molecular flexibility index (Phi) is 9.17. The smallest absolute Gasteiger partial charge is 0.248 e. The Hall–Kier alpha value is -5.58. The molecule has 45 heavy (non-hydrogen) atoms. The van der Waals surface area contributed by atoms with Gasteiger partial charge in [-0.25, -0.2) is 13.6 Å². The summed E-state index contributed by atoms with van der Waals surface area (Å²) in [4.78, 5) is 39.1. The van der Waals surface area contributed by atoms with Crippen molar-refractivity contribution in [1.82, 2.24) is 0 Å². The third kappa shape index (κ3) is 8.08. The zero-order chi connectivity index (χ0) is 32.0. The fourth-order valence-electron chi connectivity index (χ4n) is 4.50. The molecule has 0 fully saturated rings.